The molecule has 2 aliphatic rings. The van der Waals surface area contributed by atoms with E-state index in [1.165, 1.54) is 50.0 Å². The molecule has 2 fully saturated rings. The van der Waals surface area contributed by atoms with Crippen LogP contribution in [0.25, 0.3) is 0 Å². The highest BCUT2D eigenvalue weighted by molar-refractivity contribution is 5.83. The fourth-order valence-electron chi connectivity index (χ4n) is 4.60. The summed E-state index contributed by atoms with van der Waals surface area (Å²) in [6.45, 7) is 5.71. The average Bonchev–Trinajstić information content (AvgIpc) is 3.29. The van der Waals surface area contributed by atoms with Gasteiger partial charge in [-0.1, -0.05) is 42.8 Å². The molecule has 0 bridgehead atoms. The van der Waals surface area contributed by atoms with E-state index in [4.69, 9.17) is 0 Å². The lowest BCUT2D eigenvalue weighted by Crippen LogP contribution is -2.42. The minimum absolute atomic E-state index is 0.00958. The number of amides is 1. The first-order valence-electron chi connectivity index (χ1n) is 11.3. The Hall–Kier alpha value is -2.24. The van der Waals surface area contributed by atoms with Gasteiger partial charge in [-0.15, -0.1) is 0 Å². The molecular weight excluding hydrogens is 377 g/mol. The van der Waals surface area contributed by atoms with Crippen LogP contribution in [0.4, 0.5) is 4.39 Å². The van der Waals surface area contributed by atoms with Crippen LogP contribution in [0.2, 0.25) is 0 Å². The molecule has 160 valence electrons. The zero-order valence-electron chi connectivity index (χ0n) is 17.7. The van der Waals surface area contributed by atoms with E-state index in [0.717, 1.165) is 43.6 Å². The number of likely N-dealkylation sites (tertiary alicyclic amines) is 2. The summed E-state index contributed by atoms with van der Waals surface area (Å²) in [7, 11) is 0. The predicted octanol–water partition coefficient (Wildman–Crippen LogP) is 4.26. The Morgan fingerprint density at radius 2 is 1.43 bits per heavy atom. The third kappa shape index (κ3) is 5.46. The zero-order chi connectivity index (χ0) is 20.8. The first-order chi connectivity index (χ1) is 14.7. The smallest absolute Gasteiger partial charge is 0.242 e. The lowest BCUT2D eigenvalue weighted by Gasteiger charge is -2.34. The summed E-state index contributed by atoms with van der Waals surface area (Å²) >= 11 is 0. The number of benzene rings is 2. The number of halogens is 1. The summed E-state index contributed by atoms with van der Waals surface area (Å²) in [5.41, 5.74) is 3.28. The van der Waals surface area contributed by atoms with E-state index in [1.54, 1.807) is 12.1 Å². The van der Waals surface area contributed by atoms with Crippen molar-refractivity contribution in [1.29, 1.82) is 0 Å². The Kier molecular flexibility index (Phi) is 7.13. The lowest BCUT2D eigenvalue weighted by molar-refractivity contribution is -0.127. The van der Waals surface area contributed by atoms with Gasteiger partial charge in [-0.05, 0) is 80.7 Å². The van der Waals surface area contributed by atoms with E-state index < -0.39 is 0 Å². The Morgan fingerprint density at radius 3 is 2.10 bits per heavy atom. The molecule has 2 aromatic rings. The summed E-state index contributed by atoms with van der Waals surface area (Å²) in [6.07, 6.45) is 6.01. The highest BCUT2D eigenvalue weighted by atomic mass is 19.1. The number of piperidine rings is 1. The van der Waals surface area contributed by atoms with Gasteiger partial charge in [0, 0.05) is 13.1 Å². The maximum absolute atomic E-state index is 13.4. The molecule has 5 heteroatoms. The van der Waals surface area contributed by atoms with Crippen molar-refractivity contribution < 1.29 is 9.18 Å². The maximum Gasteiger partial charge on any atom is 0.242 e. The first-order valence-corrected chi connectivity index (χ1v) is 11.3. The molecule has 0 aromatic heterocycles. The van der Waals surface area contributed by atoms with Crippen LogP contribution in [0.15, 0.2) is 48.5 Å². The van der Waals surface area contributed by atoms with Gasteiger partial charge in [0.05, 0.1) is 0 Å². The van der Waals surface area contributed by atoms with Crippen LogP contribution in [0.1, 0.15) is 54.8 Å². The molecule has 1 unspecified atom stereocenters. The van der Waals surface area contributed by atoms with Crippen molar-refractivity contribution in [2.24, 2.45) is 0 Å². The van der Waals surface area contributed by atoms with Gasteiger partial charge in [0.25, 0.3) is 0 Å². The monoisotopic (exact) mass is 409 g/mol. The standard InChI is InChI=1S/C25H32FN3O/c26-23-12-10-22(11-13-23)24(29-16-2-1-3-17-29)25(30)27-18-20-6-8-21(9-7-20)19-28-14-4-5-15-28/h6-13,24H,1-5,14-19H2,(H,27,30). The van der Waals surface area contributed by atoms with Gasteiger partial charge in [0.15, 0.2) is 0 Å². The van der Waals surface area contributed by atoms with Gasteiger partial charge in [-0.2, -0.15) is 0 Å². The SMILES string of the molecule is O=C(NCc1ccc(CN2CCCC2)cc1)C(c1ccc(F)cc1)N1CCCCC1. The predicted molar refractivity (Wildman–Crippen MR) is 117 cm³/mol. The number of carbonyl (C=O) groups excluding carboxylic acids is 1. The highest BCUT2D eigenvalue weighted by Crippen LogP contribution is 2.25. The molecule has 2 aromatic carbocycles. The fraction of sp³-hybridized carbons (Fsp3) is 0.480. The van der Waals surface area contributed by atoms with Crippen molar-refractivity contribution in [2.75, 3.05) is 26.2 Å². The topological polar surface area (TPSA) is 35.6 Å². The van der Waals surface area contributed by atoms with E-state index in [0.29, 0.717) is 6.54 Å². The van der Waals surface area contributed by atoms with Crippen LogP contribution in [-0.4, -0.2) is 41.9 Å². The normalized spacial score (nSPS) is 19.0. The van der Waals surface area contributed by atoms with Gasteiger partial charge >= 0.3 is 0 Å². The second kappa shape index (κ2) is 10.2. The third-order valence-electron chi connectivity index (χ3n) is 6.28. The number of nitrogens with one attached hydrogen (secondary N) is 1. The minimum Gasteiger partial charge on any atom is -0.350 e. The van der Waals surface area contributed by atoms with Gasteiger partial charge in [0.2, 0.25) is 5.91 Å². The number of carbonyl (C=O) groups is 1. The quantitative estimate of drug-likeness (QED) is 0.742. The molecule has 0 aliphatic carbocycles. The molecule has 2 aliphatic heterocycles. The average molecular weight is 410 g/mol. The van der Waals surface area contributed by atoms with Crippen molar-refractivity contribution in [1.82, 2.24) is 15.1 Å². The van der Waals surface area contributed by atoms with Gasteiger partial charge < -0.3 is 5.32 Å². The summed E-state index contributed by atoms with van der Waals surface area (Å²) in [5, 5.41) is 3.12. The van der Waals surface area contributed by atoms with Crippen molar-refractivity contribution in [2.45, 2.75) is 51.2 Å². The molecule has 1 N–H and O–H groups in total. The van der Waals surface area contributed by atoms with E-state index in [-0.39, 0.29) is 17.8 Å². The number of hydrogen-bond acceptors (Lipinski definition) is 3. The van der Waals surface area contributed by atoms with Crippen molar-refractivity contribution in [3.63, 3.8) is 0 Å². The van der Waals surface area contributed by atoms with Gasteiger partial charge in [-0.25, -0.2) is 4.39 Å². The zero-order valence-corrected chi connectivity index (χ0v) is 17.7. The molecule has 0 saturated carbocycles. The Bertz CT molecular complexity index is 809. The van der Waals surface area contributed by atoms with E-state index in [2.05, 4.69) is 39.4 Å². The van der Waals surface area contributed by atoms with Crippen LogP contribution in [0.3, 0.4) is 0 Å². The second-order valence-corrected chi connectivity index (χ2v) is 8.57. The molecule has 30 heavy (non-hydrogen) atoms. The molecule has 1 amide bonds. The largest absolute Gasteiger partial charge is 0.350 e. The molecule has 2 saturated heterocycles. The van der Waals surface area contributed by atoms with Gasteiger partial charge in [-0.3, -0.25) is 14.6 Å². The molecule has 4 nitrogen and oxygen atoms in total. The second-order valence-electron chi connectivity index (χ2n) is 8.57. The van der Waals surface area contributed by atoms with Crippen molar-refractivity contribution in [3.05, 3.63) is 71.0 Å². The van der Waals surface area contributed by atoms with Crippen LogP contribution in [-0.2, 0) is 17.9 Å². The summed E-state index contributed by atoms with van der Waals surface area (Å²) in [4.78, 5) is 17.9. The molecule has 0 radical (unpaired) electrons. The molecule has 0 spiro atoms. The van der Waals surface area contributed by atoms with Crippen LogP contribution in [0.5, 0.6) is 0 Å². The molecule has 1 atom stereocenters. The number of hydrogen-bond donors (Lipinski definition) is 1. The Labute approximate surface area is 179 Å². The van der Waals surface area contributed by atoms with Crippen LogP contribution in [0, 0.1) is 5.82 Å². The Balaban J connectivity index is 1.38. The highest BCUT2D eigenvalue weighted by Gasteiger charge is 2.28. The van der Waals surface area contributed by atoms with Gasteiger partial charge in [0.1, 0.15) is 11.9 Å². The van der Waals surface area contributed by atoms with E-state index in [1.807, 2.05) is 0 Å². The van der Waals surface area contributed by atoms with E-state index in [9.17, 15) is 9.18 Å². The molecular formula is C25H32FN3O. The number of nitrogens with zero attached hydrogens (tertiary/aromatic N) is 2. The van der Waals surface area contributed by atoms with Crippen LogP contribution >= 0.6 is 0 Å². The maximum atomic E-state index is 13.4. The summed E-state index contributed by atoms with van der Waals surface area (Å²) in [5.74, 6) is -0.282. The first kappa shape index (κ1) is 21.0. The molecule has 4 rings (SSSR count). The lowest BCUT2D eigenvalue weighted by atomic mass is 10.0. The fourth-order valence-corrected chi connectivity index (χ4v) is 4.60. The number of rotatable bonds is 7. The summed E-state index contributed by atoms with van der Waals surface area (Å²) in [6, 6.07) is 14.6. The van der Waals surface area contributed by atoms with Crippen LogP contribution < -0.4 is 5.32 Å². The summed E-state index contributed by atoms with van der Waals surface area (Å²) < 4.78 is 13.4. The van der Waals surface area contributed by atoms with E-state index >= 15 is 0 Å². The minimum atomic E-state index is -0.361. The van der Waals surface area contributed by atoms with Crippen molar-refractivity contribution >= 4 is 5.91 Å². The van der Waals surface area contributed by atoms with Crippen molar-refractivity contribution in [3.8, 4) is 0 Å². The Morgan fingerprint density at radius 1 is 0.833 bits per heavy atom. The third-order valence-corrected chi connectivity index (χ3v) is 6.28. The molecule has 2 heterocycles.